The molecule has 0 saturated carbocycles. The van der Waals surface area contributed by atoms with Crippen molar-refractivity contribution >= 4 is 5.95 Å². The second-order valence-corrected chi connectivity index (χ2v) is 4.37. The fourth-order valence-electron chi connectivity index (χ4n) is 1.72. The van der Waals surface area contributed by atoms with E-state index in [0.29, 0.717) is 24.8 Å². The zero-order valence-electron chi connectivity index (χ0n) is 12.1. The van der Waals surface area contributed by atoms with Crippen LogP contribution in [-0.4, -0.2) is 30.2 Å². The van der Waals surface area contributed by atoms with E-state index in [0.717, 1.165) is 18.2 Å². The predicted molar refractivity (Wildman–Crippen MR) is 78.2 cm³/mol. The first kappa shape index (κ1) is 15.2. The maximum Gasteiger partial charge on any atom is 0.260 e. The van der Waals surface area contributed by atoms with Crippen molar-refractivity contribution in [1.82, 2.24) is 9.97 Å². The average molecular weight is 291 g/mol. The molecule has 0 aliphatic heterocycles. The topological polar surface area (TPSA) is 56.3 Å². The molecule has 6 heteroatoms. The summed E-state index contributed by atoms with van der Waals surface area (Å²) < 4.78 is 24.1. The van der Waals surface area contributed by atoms with Gasteiger partial charge in [-0.15, -0.1) is 0 Å². The van der Waals surface area contributed by atoms with Crippen molar-refractivity contribution < 1.29 is 13.9 Å². The lowest BCUT2D eigenvalue weighted by atomic mass is 10.1. The van der Waals surface area contributed by atoms with E-state index in [1.165, 1.54) is 0 Å². The molecule has 5 nitrogen and oxygen atoms in total. The Morgan fingerprint density at radius 3 is 2.67 bits per heavy atom. The van der Waals surface area contributed by atoms with E-state index < -0.39 is 5.82 Å². The van der Waals surface area contributed by atoms with Crippen molar-refractivity contribution in [3.8, 4) is 11.6 Å². The van der Waals surface area contributed by atoms with Gasteiger partial charge in [-0.25, -0.2) is 4.98 Å². The summed E-state index contributed by atoms with van der Waals surface area (Å²) in [6.45, 7) is 3.22. The maximum atomic E-state index is 13.6. The van der Waals surface area contributed by atoms with Crippen LogP contribution in [0.5, 0.6) is 11.6 Å². The summed E-state index contributed by atoms with van der Waals surface area (Å²) in [5.41, 5.74) is 1.13. The van der Waals surface area contributed by atoms with Crippen LogP contribution in [0.25, 0.3) is 0 Å². The average Bonchev–Trinajstić information content (AvgIpc) is 2.50. The van der Waals surface area contributed by atoms with E-state index in [1.54, 1.807) is 19.2 Å². The third-order valence-corrected chi connectivity index (χ3v) is 2.78. The molecule has 1 aromatic heterocycles. The Hall–Kier alpha value is -2.21. The number of nitrogens with one attached hydrogen (secondary N) is 1. The van der Waals surface area contributed by atoms with Crippen molar-refractivity contribution in [2.24, 2.45) is 0 Å². The largest absolute Gasteiger partial charge is 0.436 e. The van der Waals surface area contributed by atoms with Gasteiger partial charge in [-0.2, -0.15) is 9.37 Å². The highest BCUT2D eigenvalue weighted by molar-refractivity contribution is 5.33. The number of benzene rings is 1. The lowest BCUT2D eigenvalue weighted by Crippen LogP contribution is -2.04. The second kappa shape index (κ2) is 7.54. The third-order valence-electron chi connectivity index (χ3n) is 2.78. The third kappa shape index (κ3) is 4.39. The van der Waals surface area contributed by atoms with Crippen LogP contribution in [0, 0.1) is 5.82 Å². The van der Waals surface area contributed by atoms with Gasteiger partial charge in [-0.05, 0) is 31.0 Å². The smallest absolute Gasteiger partial charge is 0.260 e. The number of methoxy groups -OCH3 is 1. The molecular weight excluding hydrogens is 273 g/mol. The van der Waals surface area contributed by atoms with Crippen molar-refractivity contribution in [2.75, 3.05) is 25.6 Å². The van der Waals surface area contributed by atoms with Crippen molar-refractivity contribution in [3.05, 3.63) is 41.8 Å². The Bertz CT molecular complexity index is 576. The summed E-state index contributed by atoms with van der Waals surface area (Å²) in [4.78, 5) is 7.82. The van der Waals surface area contributed by atoms with Gasteiger partial charge in [0.2, 0.25) is 11.8 Å². The number of hydrogen-bond acceptors (Lipinski definition) is 5. The molecule has 2 rings (SSSR count). The van der Waals surface area contributed by atoms with Gasteiger partial charge in [0.25, 0.3) is 5.88 Å². The van der Waals surface area contributed by atoms with E-state index in [1.807, 2.05) is 19.1 Å². The number of aromatic nitrogens is 2. The summed E-state index contributed by atoms with van der Waals surface area (Å²) in [5, 5.41) is 2.91. The molecule has 1 heterocycles. The van der Waals surface area contributed by atoms with Gasteiger partial charge in [0.05, 0.1) is 12.8 Å². The molecule has 2 aromatic rings. The SMILES string of the molecule is CCNc1ncc(F)c(Oc2ccc(CCOC)cc2)n1. The standard InChI is InChI=1S/C15H18FN3O2/c1-3-17-15-18-10-13(16)14(19-15)21-12-6-4-11(5-7-12)8-9-20-2/h4-7,10H,3,8-9H2,1-2H3,(H,17,18,19). The first-order chi connectivity index (χ1) is 10.2. The zero-order valence-corrected chi connectivity index (χ0v) is 12.1. The Labute approximate surface area is 123 Å². The molecule has 112 valence electrons. The van der Waals surface area contributed by atoms with Crippen molar-refractivity contribution in [3.63, 3.8) is 0 Å². The Morgan fingerprint density at radius 2 is 2.00 bits per heavy atom. The molecule has 0 aliphatic rings. The van der Waals surface area contributed by atoms with Crippen LogP contribution in [0.4, 0.5) is 10.3 Å². The summed E-state index contributed by atoms with van der Waals surface area (Å²) in [6.07, 6.45) is 1.91. The summed E-state index contributed by atoms with van der Waals surface area (Å²) >= 11 is 0. The molecule has 0 amide bonds. The summed E-state index contributed by atoms with van der Waals surface area (Å²) in [7, 11) is 1.66. The molecule has 0 fully saturated rings. The first-order valence-electron chi connectivity index (χ1n) is 6.75. The molecule has 0 aliphatic carbocycles. The highest BCUT2D eigenvalue weighted by Gasteiger charge is 2.09. The number of hydrogen-bond donors (Lipinski definition) is 1. The van der Waals surface area contributed by atoms with Crippen LogP contribution in [0.15, 0.2) is 30.5 Å². The molecule has 0 unspecified atom stereocenters. The Kier molecular flexibility index (Phi) is 5.45. The molecule has 0 atom stereocenters. The molecule has 1 aromatic carbocycles. The number of halogens is 1. The fraction of sp³-hybridized carbons (Fsp3) is 0.333. The number of ether oxygens (including phenoxy) is 2. The molecule has 1 N–H and O–H groups in total. The minimum Gasteiger partial charge on any atom is -0.436 e. The molecule has 0 spiro atoms. The van der Waals surface area contributed by atoms with Crippen LogP contribution < -0.4 is 10.1 Å². The fourth-order valence-corrected chi connectivity index (χ4v) is 1.72. The van der Waals surface area contributed by atoms with Crippen LogP contribution in [-0.2, 0) is 11.2 Å². The molecular formula is C15H18FN3O2. The monoisotopic (exact) mass is 291 g/mol. The lowest BCUT2D eigenvalue weighted by molar-refractivity contribution is 0.202. The van der Waals surface area contributed by atoms with Crippen molar-refractivity contribution in [2.45, 2.75) is 13.3 Å². The van der Waals surface area contributed by atoms with Gasteiger partial charge in [0.1, 0.15) is 5.75 Å². The van der Waals surface area contributed by atoms with Gasteiger partial charge in [0.15, 0.2) is 0 Å². The van der Waals surface area contributed by atoms with Gasteiger partial charge >= 0.3 is 0 Å². The van der Waals surface area contributed by atoms with Crippen LogP contribution >= 0.6 is 0 Å². The van der Waals surface area contributed by atoms with Crippen molar-refractivity contribution in [1.29, 1.82) is 0 Å². The molecule has 21 heavy (non-hydrogen) atoms. The highest BCUT2D eigenvalue weighted by Crippen LogP contribution is 2.23. The lowest BCUT2D eigenvalue weighted by Gasteiger charge is -2.08. The summed E-state index contributed by atoms with van der Waals surface area (Å²) in [6, 6.07) is 7.39. The highest BCUT2D eigenvalue weighted by atomic mass is 19.1. The molecule has 0 saturated heterocycles. The van der Waals surface area contributed by atoms with E-state index in [4.69, 9.17) is 9.47 Å². The van der Waals surface area contributed by atoms with E-state index in [2.05, 4.69) is 15.3 Å². The number of rotatable bonds is 7. The first-order valence-corrected chi connectivity index (χ1v) is 6.75. The summed E-state index contributed by atoms with van der Waals surface area (Å²) in [5.74, 6) is 0.174. The Balaban J connectivity index is 2.08. The van der Waals surface area contributed by atoms with Crippen LogP contribution in [0.3, 0.4) is 0 Å². The minimum atomic E-state index is -0.597. The number of anilines is 1. The maximum absolute atomic E-state index is 13.6. The van der Waals surface area contributed by atoms with E-state index >= 15 is 0 Å². The Morgan fingerprint density at radius 1 is 1.24 bits per heavy atom. The minimum absolute atomic E-state index is 0.0920. The predicted octanol–water partition coefficient (Wildman–Crippen LogP) is 3.03. The van der Waals surface area contributed by atoms with E-state index in [9.17, 15) is 4.39 Å². The normalized spacial score (nSPS) is 10.4. The molecule has 0 radical (unpaired) electrons. The van der Waals surface area contributed by atoms with Crippen LogP contribution in [0.2, 0.25) is 0 Å². The zero-order chi connectivity index (χ0) is 15.1. The van der Waals surface area contributed by atoms with Gasteiger partial charge in [0, 0.05) is 13.7 Å². The second-order valence-electron chi connectivity index (χ2n) is 4.37. The number of nitrogens with zero attached hydrogens (tertiary/aromatic N) is 2. The molecule has 0 bridgehead atoms. The van der Waals surface area contributed by atoms with Gasteiger partial charge in [-0.1, -0.05) is 12.1 Å². The van der Waals surface area contributed by atoms with Gasteiger partial charge in [-0.3, -0.25) is 0 Å². The van der Waals surface area contributed by atoms with E-state index in [-0.39, 0.29) is 5.88 Å². The van der Waals surface area contributed by atoms with Crippen LogP contribution in [0.1, 0.15) is 12.5 Å². The quantitative estimate of drug-likeness (QED) is 0.849. The van der Waals surface area contributed by atoms with Gasteiger partial charge < -0.3 is 14.8 Å².